The summed E-state index contributed by atoms with van der Waals surface area (Å²) in [6, 6.07) is 8.35. The molecule has 7 heteroatoms. The summed E-state index contributed by atoms with van der Waals surface area (Å²) in [5.41, 5.74) is 4.05. The predicted octanol–water partition coefficient (Wildman–Crippen LogP) is 4.79. The van der Waals surface area contributed by atoms with Gasteiger partial charge in [-0.3, -0.25) is 14.6 Å². The minimum Gasteiger partial charge on any atom is -0.322 e. The minimum absolute atomic E-state index is 0.0923. The zero-order chi connectivity index (χ0) is 21.1. The number of halogens is 2. The van der Waals surface area contributed by atoms with Crippen molar-refractivity contribution in [1.82, 2.24) is 4.98 Å². The number of hydrogen-bond donors (Lipinski definition) is 2. The topological polar surface area (TPSA) is 71.1 Å². The molecule has 1 aromatic heterocycles. The number of aryl methyl sites for hydroxylation is 3. The third kappa shape index (κ3) is 4.63. The summed E-state index contributed by atoms with van der Waals surface area (Å²) in [6.07, 6.45) is 2.64. The van der Waals surface area contributed by atoms with Crippen LogP contribution >= 0.6 is 0 Å². The number of anilines is 2. The lowest BCUT2D eigenvalue weighted by molar-refractivity contribution is 0.102. The fourth-order valence-corrected chi connectivity index (χ4v) is 3.03. The largest absolute Gasteiger partial charge is 0.322 e. The SMILES string of the molecule is Cc1cc(C)c(NC(=O)c2cncc(C(=O)Nc3ccc(F)c(F)c3)c2)c(C)c1. The van der Waals surface area contributed by atoms with Gasteiger partial charge in [0.05, 0.1) is 11.1 Å². The molecule has 0 saturated heterocycles. The van der Waals surface area contributed by atoms with Crippen molar-refractivity contribution in [3.8, 4) is 0 Å². The molecule has 0 fully saturated rings. The molecule has 0 bridgehead atoms. The lowest BCUT2D eigenvalue weighted by Gasteiger charge is -2.13. The molecule has 29 heavy (non-hydrogen) atoms. The second kappa shape index (κ2) is 8.18. The summed E-state index contributed by atoms with van der Waals surface area (Å²) in [6.45, 7) is 5.78. The smallest absolute Gasteiger partial charge is 0.257 e. The van der Waals surface area contributed by atoms with Crippen molar-refractivity contribution in [3.05, 3.63) is 88.2 Å². The van der Waals surface area contributed by atoms with Crippen molar-refractivity contribution in [1.29, 1.82) is 0 Å². The molecule has 0 spiro atoms. The zero-order valence-corrected chi connectivity index (χ0v) is 16.1. The summed E-state index contributed by atoms with van der Waals surface area (Å²) in [5, 5.41) is 5.30. The fourth-order valence-electron chi connectivity index (χ4n) is 3.03. The van der Waals surface area contributed by atoms with Crippen LogP contribution in [0.4, 0.5) is 20.2 Å². The quantitative estimate of drug-likeness (QED) is 0.667. The third-order valence-electron chi connectivity index (χ3n) is 4.36. The van der Waals surface area contributed by atoms with Gasteiger partial charge < -0.3 is 10.6 Å². The van der Waals surface area contributed by atoms with Gasteiger partial charge in [0.1, 0.15) is 0 Å². The van der Waals surface area contributed by atoms with E-state index in [4.69, 9.17) is 0 Å². The minimum atomic E-state index is -1.07. The number of benzene rings is 2. The molecular weight excluding hydrogens is 376 g/mol. The highest BCUT2D eigenvalue weighted by Crippen LogP contribution is 2.23. The van der Waals surface area contributed by atoms with E-state index in [-0.39, 0.29) is 16.8 Å². The van der Waals surface area contributed by atoms with Gasteiger partial charge in [-0.25, -0.2) is 8.78 Å². The molecule has 0 unspecified atom stereocenters. The van der Waals surface area contributed by atoms with Crippen LogP contribution in [0.5, 0.6) is 0 Å². The van der Waals surface area contributed by atoms with E-state index in [1.54, 1.807) is 0 Å². The van der Waals surface area contributed by atoms with Crippen LogP contribution in [0.1, 0.15) is 37.4 Å². The van der Waals surface area contributed by atoms with Gasteiger partial charge in [-0.05, 0) is 50.1 Å². The first-order valence-electron chi connectivity index (χ1n) is 8.85. The molecule has 0 aliphatic rings. The number of amides is 2. The molecule has 2 aromatic carbocycles. The Hall–Kier alpha value is -3.61. The number of carbonyl (C=O) groups excluding carboxylic acids is 2. The molecule has 3 aromatic rings. The number of rotatable bonds is 4. The van der Waals surface area contributed by atoms with Crippen LogP contribution in [0.25, 0.3) is 0 Å². The molecule has 5 nitrogen and oxygen atoms in total. The Labute approximate surface area is 166 Å². The normalized spacial score (nSPS) is 10.5. The van der Waals surface area contributed by atoms with Gasteiger partial charge in [-0.2, -0.15) is 0 Å². The van der Waals surface area contributed by atoms with Gasteiger partial charge in [-0.15, -0.1) is 0 Å². The van der Waals surface area contributed by atoms with Crippen LogP contribution in [-0.2, 0) is 0 Å². The summed E-state index contributed by atoms with van der Waals surface area (Å²) >= 11 is 0. The van der Waals surface area contributed by atoms with Crippen LogP contribution < -0.4 is 10.6 Å². The molecule has 0 aliphatic carbocycles. The maximum atomic E-state index is 13.3. The van der Waals surface area contributed by atoms with Crippen molar-refractivity contribution in [3.63, 3.8) is 0 Å². The highest BCUT2D eigenvalue weighted by molar-refractivity contribution is 6.08. The number of nitrogens with one attached hydrogen (secondary N) is 2. The Morgan fingerprint density at radius 3 is 1.97 bits per heavy atom. The van der Waals surface area contributed by atoms with Crippen LogP contribution in [-0.4, -0.2) is 16.8 Å². The number of nitrogens with zero attached hydrogens (tertiary/aromatic N) is 1. The summed E-state index contributed by atoms with van der Waals surface area (Å²) in [7, 11) is 0. The first kappa shape index (κ1) is 20.1. The van der Waals surface area contributed by atoms with Crippen molar-refractivity contribution in [2.24, 2.45) is 0 Å². The van der Waals surface area contributed by atoms with Crippen molar-refractivity contribution in [2.75, 3.05) is 10.6 Å². The van der Waals surface area contributed by atoms with Crippen LogP contribution in [0.15, 0.2) is 48.8 Å². The van der Waals surface area contributed by atoms with E-state index in [2.05, 4.69) is 15.6 Å². The van der Waals surface area contributed by atoms with E-state index in [1.165, 1.54) is 24.5 Å². The van der Waals surface area contributed by atoms with Gasteiger partial charge in [0, 0.05) is 29.8 Å². The average molecular weight is 395 g/mol. The van der Waals surface area contributed by atoms with E-state index < -0.39 is 23.4 Å². The van der Waals surface area contributed by atoms with Crippen molar-refractivity contribution < 1.29 is 18.4 Å². The monoisotopic (exact) mass is 395 g/mol. The van der Waals surface area contributed by atoms with Gasteiger partial charge in [0.2, 0.25) is 0 Å². The number of pyridine rings is 1. The Bertz CT molecular complexity index is 1090. The first-order valence-corrected chi connectivity index (χ1v) is 8.85. The highest BCUT2D eigenvalue weighted by atomic mass is 19.2. The van der Waals surface area contributed by atoms with Gasteiger partial charge >= 0.3 is 0 Å². The summed E-state index contributed by atoms with van der Waals surface area (Å²) in [5.74, 6) is -3.08. The van der Waals surface area contributed by atoms with E-state index in [9.17, 15) is 18.4 Å². The van der Waals surface area contributed by atoms with E-state index in [0.29, 0.717) is 5.69 Å². The predicted molar refractivity (Wildman–Crippen MR) is 107 cm³/mol. The van der Waals surface area contributed by atoms with Crippen molar-refractivity contribution in [2.45, 2.75) is 20.8 Å². The molecule has 2 amide bonds. The maximum absolute atomic E-state index is 13.3. The van der Waals surface area contributed by atoms with E-state index in [1.807, 2.05) is 32.9 Å². The van der Waals surface area contributed by atoms with E-state index in [0.717, 1.165) is 28.8 Å². The fraction of sp³-hybridized carbons (Fsp3) is 0.136. The number of aromatic nitrogens is 1. The molecular formula is C22H19F2N3O2. The summed E-state index contributed by atoms with van der Waals surface area (Å²) < 4.78 is 26.3. The number of hydrogen-bond acceptors (Lipinski definition) is 3. The Balaban J connectivity index is 1.79. The van der Waals surface area contributed by atoms with Gasteiger partial charge in [-0.1, -0.05) is 17.7 Å². The molecule has 0 aliphatic heterocycles. The molecule has 2 N–H and O–H groups in total. The van der Waals surface area contributed by atoms with Crippen molar-refractivity contribution >= 4 is 23.2 Å². The van der Waals surface area contributed by atoms with E-state index >= 15 is 0 Å². The molecule has 1 heterocycles. The van der Waals surface area contributed by atoms with Crippen LogP contribution in [0.2, 0.25) is 0 Å². The molecule has 148 valence electrons. The lowest BCUT2D eigenvalue weighted by atomic mass is 10.0. The Kier molecular flexibility index (Phi) is 5.68. The molecule has 0 saturated carbocycles. The highest BCUT2D eigenvalue weighted by Gasteiger charge is 2.14. The van der Waals surface area contributed by atoms with Crippen LogP contribution in [0, 0.1) is 32.4 Å². The maximum Gasteiger partial charge on any atom is 0.257 e. The molecule has 0 radical (unpaired) electrons. The molecule has 3 rings (SSSR count). The Morgan fingerprint density at radius 2 is 1.38 bits per heavy atom. The Morgan fingerprint density at radius 1 is 0.793 bits per heavy atom. The standard InChI is InChI=1S/C22H19F2N3O2/c1-12-6-13(2)20(14(3)7-12)27-22(29)16-8-15(10-25-11-16)21(28)26-17-4-5-18(23)19(24)9-17/h4-11H,1-3H3,(H,26,28)(H,27,29). The first-order chi connectivity index (χ1) is 13.7. The zero-order valence-electron chi connectivity index (χ0n) is 16.1. The number of carbonyl (C=O) groups is 2. The second-order valence-electron chi connectivity index (χ2n) is 6.77. The van der Waals surface area contributed by atoms with Gasteiger partial charge in [0.15, 0.2) is 11.6 Å². The average Bonchev–Trinajstić information content (AvgIpc) is 2.67. The second-order valence-corrected chi connectivity index (χ2v) is 6.77. The molecule has 0 atom stereocenters. The third-order valence-corrected chi connectivity index (χ3v) is 4.36. The van der Waals surface area contributed by atoms with Gasteiger partial charge in [0.25, 0.3) is 11.8 Å². The van der Waals surface area contributed by atoms with Crippen LogP contribution in [0.3, 0.4) is 0 Å². The lowest BCUT2D eigenvalue weighted by Crippen LogP contribution is -2.17. The summed E-state index contributed by atoms with van der Waals surface area (Å²) in [4.78, 5) is 29.0.